The number of nitrogens with zero attached hydrogens (tertiary/aromatic N) is 1. The first-order chi connectivity index (χ1) is 6.38. The fraction of sp³-hybridized carbons (Fsp3) is 0. The Morgan fingerprint density at radius 1 is 0.846 bits per heavy atom. The van der Waals surface area contributed by atoms with Gasteiger partial charge in [-0.25, -0.2) is 0 Å². The van der Waals surface area contributed by atoms with Gasteiger partial charge in [-0.1, -0.05) is 18.2 Å². The Morgan fingerprint density at radius 3 is 2.23 bits per heavy atom. The Labute approximate surface area is 82.2 Å². The summed E-state index contributed by atoms with van der Waals surface area (Å²) in [7, 11) is 0. The van der Waals surface area contributed by atoms with Crippen molar-refractivity contribution in [1.82, 2.24) is 0 Å². The Morgan fingerprint density at radius 2 is 1.54 bits per heavy atom. The summed E-state index contributed by atoms with van der Waals surface area (Å²) in [6.07, 6.45) is 1.94. The molecule has 2 heteroatoms. The van der Waals surface area contributed by atoms with Gasteiger partial charge in [0, 0.05) is 24.3 Å². The number of hydrogen-bond acceptors (Lipinski definition) is 0. The summed E-state index contributed by atoms with van der Waals surface area (Å²) in [6.45, 7) is 0. The van der Waals surface area contributed by atoms with Crippen molar-refractivity contribution >= 4 is 11.6 Å². The van der Waals surface area contributed by atoms with E-state index in [0.29, 0.717) is 5.15 Å². The zero-order valence-electron chi connectivity index (χ0n) is 7.02. The summed E-state index contributed by atoms with van der Waals surface area (Å²) >= 11 is 6.02. The van der Waals surface area contributed by atoms with E-state index in [2.05, 4.69) is 0 Å². The molecule has 0 aliphatic rings. The van der Waals surface area contributed by atoms with Gasteiger partial charge in [-0.3, -0.25) is 0 Å². The van der Waals surface area contributed by atoms with Crippen molar-refractivity contribution < 1.29 is 4.57 Å². The molecule has 13 heavy (non-hydrogen) atoms. The number of aromatic nitrogens is 1. The highest BCUT2D eigenvalue weighted by Gasteiger charge is 2.08. The molecule has 1 nitrogen and oxygen atoms in total. The Kier molecular flexibility index (Phi) is 2.28. The van der Waals surface area contributed by atoms with E-state index in [-0.39, 0.29) is 0 Å². The molecule has 1 aromatic heterocycles. The standard InChI is InChI=1S/C11H9ClN/c12-11-8-4-5-9-13(11)10-6-2-1-3-7-10/h1-9H/q+1. The predicted molar refractivity (Wildman–Crippen MR) is 53.0 cm³/mol. The van der Waals surface area contributed by atoms with Crippen molar-refractivity contribution in [3.05, 3.63) is 59.9 Å². The summed E-state index contributed by atoms with van der Waals surface area (Å²) in [4.78, 5) is 0. The van der Waals surface area contributed by atoms with Crippen molar-refractivity contribution in [3.8, 4) is 5.69 Å². The first-order valence-electron chi connectivity index (χ1n) is 4.09. The summed E-state index contributed by atoms with van der Waals surface area (Å²) < 4.78 is 1.93. The molecule has 2 rings (SSSR count). The van der Waals surface area contributed by atoms with Gasteiger partial charge >= 0.3 is 0 Å². The van der Waals surface area contributed by atoms with E-state index in [1.807, 2.05) is 59.3 Å². The second-order valence-electron chi connectivity index (χ2n) is 2.73. The maximum absolute atomic E-state index is 6.02. The summed E-state index contributed by atoms with van der Waals surface area (Å²) in [5.41, 5.74) is 1.08. The van der Waals surface area contributed by atoms with E-state index in [1.165, 1.54) is 0 Å². The molecule has 0 radical (unpaired) electrons. The molecule has 1 heterocycles. The van der Waals surface area contributed by atoms with Gasteiger partial charge in [0.2, 0.25) is 5.69 Å². The minimum atomic E-state index is 0.716. The van der Waals surface area contributed by atoms with E-state index in [1.54, 1.807) is 0 Å². The maximum atomic E-state index is 6.02. The fourth-order valence-electron chi connectivity index (χ4n) is 1.22. The average Bonchev–Trinajstić information content (AvgIpc) is 2.20. The summed E-state index contributed by atoms with van der Waals surface area (Å²) in [5, 5.41) is 0.716. The quantitative estimate of drug-likeness (QED) is 0.481. The molecule has 0 atom stereocenters. The van der Waals surface area contributed by atoms with Crippen LogP contribution >= 0.6 is 11.6 Å². The Balaban J connectivity index is 2.54. The van der Waals surface area contributed by atoms with Crippen LogP contribution in [-0.2, 0) is 0 Å². The fourth-order valence-corrected chi connectivity index (χ4v) is 1.45. The van der Waals surface area contributed by atoms with Gasteiger partial charge in [0.15, 0.2) is 6.20 Å². The van der Waals surface area contributed by atoms with Gasteiger partial charge in [0.25, 0.3) is 5.15 Å². The van der Waals surface area contributed by atoms with Crippen molar-refractivity contribution in [3.63, 3.8) is 0 Å². The van der Waals surface area contributed by atoms with Crippen molar-refractivity contribution in [2.75, 3.05) is 0 Å². The van der Waals surface area contributed by atoms with Crippen molar-refractivity contribution in [2.24, 2.45) is 0 Å². The molecule has 0 aliphatic carbocycles. The molecule has 0 bridgehead atoms. The third kappa shape index (κ3) is 1.70. The molecule has 0 amide bonds. The molecule has 0 spiro atoms. The van der Waals surface area contributed by atoms with Gasteiger partial charge in [-0.15, -0.1) is 0 Å². The van der Waals surface area contributed by atoms with Gasteiger partial charge in [0.05, 0.1) is 0 Å². The largest absolute Gasteiger partial charge is 0.280 e. The Bertz CT molecular complexity index is 398. The van der Waals surface area contributed by atoms with E-state index in [9.17, 15) is 0 Å². The molecule has 0 saturated heterocycles. The third-order valence-electron chi connectivity index (χ3n) is 1.84. The summed E-state index contributed by atoms with van der Waals surface area (Å²) in [6, 6.07) is 15.8. The number of halogens is 1. The Hall–Kier alpha value is -1.34. The monoisotopic (exact) mass is 190 g/mol. The van der Waals surface area contributed by atoms with Crippen LogP contribution in [0.2, 0.25) is 5.15 Å². The average molecular weight is 191 g/mol. The van der Waals surface area contributed by atoms with Crippen LogP contribution in [0.3, 0.4) is 0 Å². The lowest BCUT2D eigenvalue weighted by atomic mass is 10.3. The van der Waals surface area contributed by atoms with Crippen LogP contribution in [0.25, 0.3) is 5.69 Å². The molecule has 64 valence electrons. The highest BCUT2D eigenvalue weighted by molar-refractivity contribution is 6.28. The van der Waals surface area contributed by atoms with Crippen LogP contribution in [0, 0.1) is 0 Å². The third-order valence-corrected chi connectivity index (χ3v) is 2.15. The zero-order valence-corrected chi connectivity index (χ0v) is 7.78. The van der Waals surface area contributed by atoms with Gasteiger partial charge in [0.1, 0.15) is 0 Å². The van der Waals surface area contributed by atoms with Crippen LogP contribution in [-0.4, -0.2) is 0 Å². The molecule has 0 fully saturated rings. The number of hydrogen-bond donors (Lipinski definition) is 0. The topological polar surface area (TPSA) is 3.88 Å². The lowest BCUT2D eigenvalue weighted by molar-refractivity contribution is -0.593. The molecular formula is C11H9ClN+. The molecule has 1 aromatic carbocycles. The lowest BCUT2D eigenvalue weighted by Gasteiger charge is -1.95. The number of pyridine rings is 1. The first kappa shape index (κ1) is 8.27. The van der Waals surface area contributed by atoms with E-state index in [0.717, 1.165) is 5.69 Å². The normalized spacial score (nSPS) is 9.92. The number of rotatable bonds is 1. The van der Waals surface area contributed by atoms with Gasteiger partial charge in [-0.2, -0.15) is 4.57 Å². The van der Waals surface area contributed by atoms with Crippen molar-refractivity contribution in [1.29, 1.82) is 0 Å². The molecule has 0 saturated carbocycles. The first-order valence-corrected chi connectivity index (χ1v) is 4.47. The molecule has 0 unspecified atom stereocenters. The maximum Gasteiger partial charge on any atom is 0.280 e. The van der Waals surface area contributed by atoms with Crippen LogP contribution in [0.4, 0.5) is 0 Å². The lowest BCUT2D eigenvalue weighted by Crippen LogP contribution is -2.30. The highest BCUT2D eigenvalue weighted by Crippen LogP contribution is 2.04. The van der Waals surface area contributed by atoms with Gasteiger partial charge < -0.3 is 0 Å². The highest BCUT2D eigenvalue weighted by atomic mass is 35.5. The smallest absolute Gasteiger partial charge is 0.150 e. The minimum absolute atomic E-state index is 0.716. The van der Waals surface area contributed by atoms with E-state index < -0.39 is 0 Å². The van der Waals surface area contributed by atoms with E-state index >= 15 is 0 Å². The molecular weight excluding hydrogens is 182 g/mol. The molecule has 0 N–H and O–H groups in total. The SMILES string of the molecule is Clc1cccc[n+]1-c1ccccc1. The summed E-state index contributed by atoms with van der Waals surface area (Å²) in [5.74, 6) is 0. The second-order valence-corrected chi connectivity index (χ2v) is 3.12. The van der Waals surface area contributed by atoms with Crippen LogP contribution in [0.5, 0.6) is 0 Å². The van der Waals surface area contributed by atoms with Crippen LogP contribution in [0.15, 0.2) is 54.7 Å². The van der Waals surface area contributed by atoms with Crippen LogP contribution in [0.1, 0.15) is 0 Å². The second kappa shape index (κ2) is 3.58. The van der Waals surface area contributed by atoms with Crippen LogP contribution < -0.4 is 4.57 Å². The minimum Gasteiger partial charge on any atom is -0.150 e. The van der Waals surface area contributed by atoms with E-state index in [4.69, 9.17) is 11.6 Å². The van der Waals surface area contributed by atoms with Gasteiger partial charge in [-0.05, 0) is 17.7 Å². The number of para-hydroxylation sites is 1. The zero-order chi connectivity index (χ0) is 9.10. The molecule has 2 aromatic rings. The molecule has 0 aliphatic heterocycles. The predicted octanol–water partition coefficient (Wildman–Crippen LogP) is 2.62. The number of benzene rings is 1. The van der Waals surface area contributed by atoms with Crippen molar-refractivity contribution in [2.45, 2.75) is 0 Å².